The van der Waals surface area contributed by atoms with Gasteiger partial charge in [0, 0.05) is 0 Å². The van der Waals surface area contributed by atoms with Gasteiger partial charge in [0.1, 0.15) is 18.4 Å². The number of benzene rings is 1. The van der Waals surface area contributed by atoms with Gasteiger partial charge in [0.05, 0.1) is 51.7 Å². The lowest BCUT2D eigenvalue weighted by Gasteiger charge is -2.38. The zero-order chi connectivity index (χ0) is 20.8. The molecule has 1 aromatic rings. The Kier molecular flexibility index (Phi) is 8.22. The molecule has 1 aliphatic carbocycles. The van der Waals surface area contributed by atoms with E-state index < -0.39 is 0 Å². The first kappa shape index (κ1) is 22.4. The average Bonchev–Trinajstić information content (AvgIpc) is 2.72. The molecule has 3 rings (SSSR count). The zero-order valence-corrected chi connectivity index (χ0v) is 18.8. The molecule has 0 spiro atoms. The second-order valence-corrected chi connectivity index (χ2v) is 9.46. The maximum atomic E-state index is 10.6. The molecule has 5 heteroatoms. The van der Waals surface area contributed by atoms with Crippen molar-refractivity contribution in [1.82, 2.24) is 0 Å². The summed E-state index contributed by atoms with van der Waals surface area (Å²) < 4.78 is 11.8. The standard InChI is InChI=1S/C24H40N2O3/c1-18(2)21-10-9-19(3)15-24(21)29-17-20(27)16-25-11-13-26(14-12-25)22-7-5-6-8-23(22)28-4/h5-8,18-21,24,27H,9-17H2,1-4H3/p+1/t19-,20+,21+,24+/m0/s1. The fourth-order valence-electron chi connectivity index (χ4n) is 5.09. The minimum absolute atomic E-state index is 0.311. The Morgan fingerprint density at radius 1 is 1.17 bits per heavy atom. The van der Waals surface area contributed by atoms with Crippen LogP contribution in [-0.4, -0.2) is 63.8 Å². The van der Waals surface area contributed by atoms with Gasteiger partial charge in [-0.15, -0.1) is 0 Å². The summed E-state index contributed by atoms with van der Waals surface area (Å²) in [7, 11) is 1.73. The van der Waals surface area contributed by atoms with E-state index in [0.717, 1.165) is 50.8 Å². The van der Waals surface area contributed by atoms with Crippen LogP contribution in [-0.2, 0) is 4.74 Å². The minimum Gasteiger partial charge on any atom is -0.495 e. The van der Waals surface area contributed by atoms with Gasteiger partial charge in [0.25, 0.3) is 0 Å². The predicted molar refractivity (Wildman–Crippen MR) is 118 cm³/mol. The van der Waals surface area contributed by atoms with Crippen molar-refractivity contribution >= 4 is 5.69 Å². The quantitative estimate of drug-likeness (QED) is 0.696. The molecule has 1 saturated heterocycles. The van der Waals surface area contributed by atoms with Crippen molar-refractivity contribution in [3.63, 3.8) is 0 Å². The number of aliphatic hydroxyl groups excluding tert-OH is 1. The summed E-state index contributed by atoms with van der Waals surface area (Å²) in [6, 6.07) is 8.22. The number of para-hydroxylation sites is 2. The van der Waals surface area contributed by atoms with Gasteiger partial charge in [-0.2, -0.15) is 0 Å². The van der Waals surface area contributed by atoms with Crippen LogP contribution >= 0.6 is 0 Å². The van der Waals surface area contributed by atoms with Crippen molar-refractivity contribution in [1.29, 1.82) is 0 Å². The van der Waals surface area contributed by atoms with Crippen LogP contribution in [0.3, 0.4) is 0 Å². The second-order valence-electron chi connectivity index (χ2n) is 9.46. The maximum Gasteiger partial charge on any atom is 0.142 e. The SMILES string of the molecule is COc1ccccc1N1CC[NH+](C[C@@H](O)CO[C@@H]2C[C@@H](C)CC[C@@H]2C(C)C)CC1. The average molecular weight is 406 g/mol. The lowest BCUT2D eigenvalue weighted by atomic mass is 9.75. The summed E-state index contributed by atoms with van der Waals surface area (Å²) in [4.78, 5) is 3.85. The lowest BCUT2D eigenvalue weighted by molar-refractivity contribution is -0.903. The molecule has 2 N–H and O–H groups in total. The molecule has 5 nitrogen and oxygen atoms in total. The van der Waals surface area contributed by atoms with E-state index in [-0.39, 0.29) is 6.10 Å². The largest absolute Gasteiger partial charge is 0.495 e. The molecule has 1 aliphatic heterocycles. The van der Waals surface area contributed by atoms with Crippen LogP contribution in [0.1, 0.15) is 40.0 Å². The van der Waals surface area contributed by atoms with Gasteiger partial charge in [-0.25, -0.2) is 0 Å². The molecule has 0 aromatic heterocycles. The zero-order valence-electron chi connectivity index (χ0n) is 18.8. The highest BCUT2D eigenvalue weighted by Gasteiger charge is 2.32. The van der Waals surface area contributed by atoms with Gasteiger partial charge in [0.2, 0.25) is 0 Å². The predicted octanol–water partition coefficient (Wildman–Crippen LogP) is 2.24. The lowest BCUT2D eigenvalue weighted by Crippen LogP contribution is -3.16. The van der Waals surface area contributed by atoms with Crippen molar-refractivity contribution < 1.29 is 19.5 Å². The topological polar surface area (TPSA) is 46.4 Å². The summed E-state index contributed by atoms with van der Waals surface area (Å²) in [5.74, 6) is 2.96. The van der Waals surface area contributed by atoms with Crippen LogP contribution in [0.5, 0.6) is 5.75 Å². The van der Waals surface area contributed by atoms with E-state index in [4.69, 9.17) is 9.47 Å². The van der Waals surface area contributed by atoms with Crippen LogP contribution in [0.25, 0.3) is 0 Å². The molecular weight excluding hydrogens is 364 g/mol. The summed E-state index contributed by atoms with van der Waals surface area (Å²) in [5.41, 5.74) is 1.17. The summed E-state index contributed by atoms with van der Waals surface area (Å²) in [5, 5.41) is 10.6. The first-order valence-corrected chi connectivity index (χ1v) is 11.5. The molecule has 4 atom stereocenters. The monoisotopic (exact) mass is 405 g/mol. The fourth-order valence-corrected chi connectivity index (χ4v) is 5.09. The van der Waals surface area contributed by atoms with E-state index in [0.29, 0.717) is 24.5 Å². The van der Waals surface area contributed by atoms with Crippen LogP contribution in [0, 0.1) is 17.8 Å². The number of anilines is 1. The van der Waals surface area contributed by atoms with Crippen LogP contribution in [0.15, 0.2) is 24.3 Å². The van der Waals surface area contributed by atoms with Gasteiger partial charge in [-0.05, 0) is 42.7 Å². The molecule has 1 saturated carbocycles. The van der Waals surface area contributed by atoms with Crippen LogP contribution < -0.4 is 14.5 Å². The maximum absolute atomic E-state index is 10.6. The third kappa shape index (κ3) is 6.09. The first-order valence-electron chi connectivity index (χ1n) is 11.5. The molecule has 2 aliphatic rings. The number of nitrogens with one attached hydrogen (secondary N) is 1. The molecule has 0 unspecified atom stereocenters. The number of quaternary nitrogens is 1. The highest BCUT2D eigenvalue weighted by molar-refractivity contribution is 5.58. The van der Waals surface area contributed by atoms with E-state index in [1.165, 1.54) is 23.4 Å². The van der Waals surface area contributed by atoms with Crippen molar-refractivity contribution in [2.45, 2.75) is 52.2 Å². The van der Waals surface area contributed by atoms with E-state index in [9.17, 15) is 5.11 Å². The summed E-state index contributed by atoms with van der Waals surface area (Å²) >= 11 is 0. The number of nitrogens with zero attached hydrogens (tertiary/aromatic N) is 1. The summed E-state index contributed by atoms with van der Waals surface area (Å²) in [6.45, 7) is 12.2. The van der Waals surface area contributed by atoms with E-state index in [1.807, 2.05) is 12.1 Å². The molecule has 1 heterocycles. The van der Waals surface area contributed by atoms with Gasteiger partial charge in [-0.3, -0.25) is 0 Å². The van der Waals surface area contributed by atoms with Crippen molar-refractivity contribution in [3.05, 3.63) is 24.3 Å². The Labute approximate surface area is 177 Å². The minimum atomic E-state index is -0.382. The Morgan fingerprint density at radius 2 is 1.90 bits per heavy atom. The molecule has 29 heavy (non-hydrogen) atoms. The molecule has 0 amide bonds. The van der Waals surface area contributed by atoms with E-state index in [2.05, 4.69) is 37.8 Å². The third-order valence-electron chi connectivity index (χ3n) is 6.88. The highest BCUT2D eigenvalue weighted by atomic mass is 16.5. The third-order valence-corrected chi connectivity index (χ3v) is 6.88. The molecule has 0 bridgehead atoms. The molecule has 2 fully saturated rings. The number of hydrogen-bond acceptors (Lipinski definition) is 4. The number of aliphatic hydroxyl groups is 1. The Bertz CT molecular complexity index is 616. The first-order chi connectivity index (χ1) is 14.0. The van der Waals surface area contributed by atoms with Crippen LogP contribution in [0.4, 0.5) is 5.69 Å². The number of hydrogen-bond donors (Lipinski definition) is 2. The number of piperazine rings is 1. The van der Waals surface area contributed by atoms with Gasteiger partial charge in [-0.1, -0.05) is 39.3 Å². The number of rotatable bonds is 8. The second kappa shape index (κ2) is 10.6. The Balaban J connectivity index is 1.43. The summed E-state index contributed by atoms with van der Waals surface area (Å²) in [6.07, 6.45) is 3.64. The van der Waals surface area contributed by atoms with E-state index >= 15 is 0 Å². The van der Waals surface area contributed by atoms with Crippen LogP contribution in [0.2, 0.25) is 0 Å². The van der Waals surface area contributed by atoms with Crippen molar-refractivity contribution in [3.8, 4) is 5.75 Å². The Hall–Kier alpha value is -1.30. The highest BCUT2D eigenvalue weighted by Crippen LogP contribution is 2.35. The molecule has 164 valence electrons. The van der Waals surface area contributed by atoms with Gasteiger partial charge < -0.3 is 24.4 Å². The van der Waals surface area contributed by atoms with Crippen molar-refractivity contribution in [2.24, 2.45) is 17.8 Å². The molecular formula is C24H41N2O3+. The normalized spacial score (nSPS) is 27.2. The van der Waals surface area contributed by atoms with Gasteiger partial charge >= 0.3 is 0 Å². The van der Waals surface area contributed by atoms with Crippen molar-refractivity contribution in [2.75, 3.05) is 51.3 Å². The van der Waals surface area contributed by atoms with Gasteiger partial charge in [0.15, 0.2) is 0 Å². The fraction of sp³-hybridized carbons (Fsp3) is 0.750. The smallest absolute Gasteiger partial charge is 0.142 e. The van der Waals surface area contributed by atoms with E-state index in [1.54, 1.807) is 7.11 Å². The molecule has 0 radical (unpaired) electrons. The Morgan fingerprint density at radius 3 is 2.59 bits per heavy atom. The molecule has 1 aromatic carbocycles. The number of ether oxygens (including phenoxy) is 2. The number of methoxy groups -OCH3 is 1.